The van der Waals surface area contributed by atoms with Crippen molar-refractivity contribution < 1.29 is 0 Å². The third kappa shape index (κ3) is 3.86. The second kappa shape index (κ2) is 6.57. The van der Waals surface area contributed by atoms with Gasteiger partial charge in [-0.2, -0.15) is 0 Å². The summed E-state index contributed by atoms with van der Waals surface area (Å²) in [7, 11) is 1.94. The third-order valence-corrected chi connectivity index (χ3v) is 3.26. The van der Waals surface area contributed by atoms with Crippen LogP contribution in [0.1, 0.15) is 11.1 Å². The minimum Gasteiger partial charge on any atom is -0.388 e. The van der Waals surface area contributed by atoms with Crippen LogP contribution in [0.15, 0.2) is 53.0 Å². The molecule has 0 unspecified atom stereocenters. The van der Waals surface area contributed by atoms with Crippen LogP contribution in [0.2, 0.25) is 0 Å². The van der Waals surface area contributed by atoms with E-state index in [4.69, 9.17) is 0 Å². The molecule has 0 saturated carbocycles. The van der Waals surface area contributed by atoms with Gasteiger partial charge in [0.1, 0.15) is 0 Å². The summed E-state index contributed by atoms with van der Waals surface area (Å²) < 4.78 is 1.12. The van der Waals surface area contributed by atoms with Gasteiger partial charge in [-0.25, -0.2) is 0 Å². The smallest absolute Gasteiger partial charge is 0.0340 e. The summed E-state index contributed by atoms with van der Waals surface area (Å²) in [4.78, 5) is 0. The van der Waals surface area contributed by atoms with Crippen LogP contribution in [0.25, 0.3) is 0 Å². The average Bonchev–Trinajstić information content (AvgIpc) is 2.39. The molecule has 3 heteroatoms. The van der Waals surface area contributed by atoms with E-state index in [0.29, 0.717) is 0 Å². The van der Waals surface area contributed by atoms with Crippen molar-refractivity contribution in [1.29, 1.82) is 0 Å². The standard InChI is InChI=1S/C15H17BrN2/c1-17-15-7-3-5-13(9-15)11-18-10-12-4-2-6-14(16)8-12/h2-9,17-18H,10-11H2,1H3. The molecule has 0 aliphatic rings. The van der Waals surface area contributed by atoms with Crippen LogP contribution < -0.4 is 10.6 Å². The molecule has 2 aromatic carbocycles. The molecule has 2 aromatic rings. The highest BCUT2D eigenvalue weighted by Crippen LogP contribution is 2.12. The molecule has 2 rings (SSSR count). The van der Waals surface area contributed by atoms with Crippen LogP contribution in [-0.4, -0.2) is 7.05 Å². The SMILES string of the molecule is CNc1cccc(CNCc2cccc(Br)c2)c1. The van der Waals surface area contributed by atoms with Gasteiger partial charge < -0.3 is 10.6 Å². The largest absolute Gasteiger partial charge is 0.388 e. The van der Waals surface area contributed by atoms with Crippen LogP contribution in [0.4, 0.5) is 5.69 Å². The van der Waals surface area contributed by atoms with Gasteiger partial charge in [0, 0.05) is 30.3 Å². The number of anilines is 1. The summed E-state index contributed by atoms with van der Waals surface area (Å²) >= 11 is 3.48. The molecule has 0 saturated heterocycles. The number of hydrogen-bond donors (Lipinski definition) is 2. The van der Waals surface area contributed by atoms with E-state index in [0.717, 1.165) is 23.2 Å². The first-order valence-corrected chi connectivity index (χ1v) is 6.79. The first-order valence-electron chi connectivity index (χ1n) is 6.00. The van der Waals surface area contributed by atoms with Gasteiger partial charge >= 0.3 is 0 Å². The zero-order chi connectivity index (χ0) is 12.8. The van der Waals surface area contributed by atoms with E-state index >= 15 is 0 Å². The molecular weight excluding hydrogens is 288 g/mol. The van der Waals surface area contributed by atoms with Crippen molar-refractivity contribution in [1.82, 2.24) is 5.32 Å². The van der Waals surface area contributed by atoms with Crippen molar-refractivity contribution in [2.24, 2.45) is 0 Å². The maximum Gasteiger partial charge on any atom is 0.0340 e. The lowest BCUT2D eigenvalue weighted by atomic mass is 10.2. The quantitative estimate of drug-likeness (QED) is 0.878. The van der Waals surface area contributed by atoms with E-state index in [-0.39, 0.29) is 0 Å². The fourth-order valence-corrected chi connectivity index (χ4v) is 2.28. The van der Waals surface area contributed by atoms with E-state index in [2.05, 4.69) is 69.0 Å². The Morgan fingerprint density at radius 3 is 2.28 bits per heavy atom. The number of halogens is 1. The van der Waals surface area contributed by atoms with E-state index in [9.17, 15) is 0 Å². The lowest BCUT2D eigenvalue weighted by Crippen LogP contribution is -2.12. The summed E-state index contributed by atoms with van der Waals surface area (Å²) in [5.41, 5.74) is 3.72. The molecule has 0 radical (unpaired) electrons. The summed E-state index contributed by atoms with van der Waals surface area (Å²) in [5, 5.41) is 6.60. The number of benzene rings is 2. The fourth-order valence-electron chi connectivity index (χ4n) is 1.83. The molecule has 2 N–H and O–H groups in total. The number of hydrogen-bond acceptors (Lipinski definition) is 2. The zero-order valence-corrected chi connectivity index (χ0v) is 12.0. The van der Waals surface area contributed by atoms with Crippen LogP contribution in [0, 0.1) is 0 Å². The second-order valence-electron chi connectivity index (χ2n) is 4.18. The van der Waals surface area contributed by atoms with E-state index in [1.165, 1.54) is 11.1 Å². The zero-order valence-electron chi connectivity index (χ0n) is 10.4. The first kappa shape index (κ1) is 13.1. The topological polar surface area (TPSA) is 24.1 Å². The molecule has 94 valence electrons. The molecule has 0 heterocycles. The van der Waals surface area contributed by atoms with Gasteiger partial charge in [0.25, 0.3) is 0 Å². The predicted octanol–water partition coefficient (Wildman–Crippen LogP) is 3.78. The minimum absolute atomic E-state index is 0.877. The minimum atomic E-state index is 0.877. The highest BCUT2D eigenvalue weighted by Gasteiger charge is 1.96. The first-order chi connectivity index (χ1) is 8.78. The molecule has 0 aromatic heterocycles. The molecule has 2 nitrogen and oxygen atoms in total. The van der Waals surface area contributed by atoms with Crippen LogP contribution in [0.3, 0.4) is 0 Å². The van der Waals surface area contributed by atoms with Gasteiger partial charge in [0.2, 0.25) is 0 Å². The number of rotatable bonds is 5. The highest BCUT2D eigenvalue weighted by atomic mass is 79.9. The highest BCUT2D eigenvalue weighted by molar-refractivity contribution is 9.10. The maximum atomic E-state index is 3.48. The average molecular weight is 305 g/mol. The van der Waals surface area contributed by atoms with E-state index in [1.54, 1.807) is 0 Å². The van der Waals surface area contributed by atoms with Crippen molar-refractivity contribution in [3.05, 3.63) is 64.1 Å². The molecule has 0 fully saturated rings. The fraction of sp³-hybridized carbons (Fsp3) is 0.200. The van der Waals surface area contributed by atoms with Crippen molar-refractivity contribution in [2.45, 2.75) is 13.1 Å². The number of nitrogens with one attached hydrogen (secondary N) is 2. The summed E-state index contributed by atoms with van der Waals surface area (Å²) in [6.07, 6.45) is 0. The third-order valence-electron chi connectivity index (χ3n) is 2.76. The Labute approximate surface area is 117 Å². The van der Waals surface area contributed by atoms with Crippen LogP contribution in [0.5, 0.6) is 0 Å². The monoisotopic (exact) mass is 304 g/mol. The van der Waals surface area contributed by atoms with E-state index in [1.807, 2.05) is 13.1 Å². The van der Waals surface area contributed by atoms with Crippen molar-refractivity contribution in [3.63, 3.8) is 0 Å². The van der Waals surface area contributed by atoms with Gasteiger partial charge in [0.15, 0.2) is 0 Å². The van der Waals surface area contributed by atoms with Crippen molar-refractivity contribution in [3.8, 4) is 0 Å². The summed E-state index contributed by atoms with van der Waals surface area (Å²) in [5.74, 6) is 0. The molecule has 0 aliphatic heterocycles. The normalized spacial score (nSPS) is 10.3. The second-order valence-corrected chi connectivity index (χ2v) is 5.10. The lowest BCUT2D eigenvalue weighted by Gasteiger charge is -2.07. The molecular formula is C15H17BrN2. The van der Waals surface area contributed by atoms with Crippen LogP contribution in [-0.2, 0) is 13.1 Å². The summed E-state index contributed by atoms with van der Waals surface area (Å²) in [6, 6.07) is 16.8. The maximum absolute atomic E-state index is 3.48. The Bertz CT molecular complexity index is 511. The summed E-state index contributed by atoms with van der Waals surface area (Å²) in [6.45, 7) is 1.76. The predicted molar refractivity (Wildman–Crippen MR) is 80.7 cm³/mol. The molecule has 0 bridgehead atoms. The molecule has 0 amide bonds. The Hall–Kier alpha value is -1.32. The Morgan fingerprint density at radius 2 is 1.61 bits per heavy atom. The van der Waals surface area contributed by atoms with Gasteiger partial charge in [-0.1, -0.05) is 40.2 Å². The molecule has 0 aliphatic carbocycles. The Kier molecular flexibility index (Phi) is 4.79. The lowest BCUT2D eigenvalue weighted by molar-refractivity contribution is 0.693. The van der Waals surface area contributed by atoms with Gasteiger partial charge in [0.05, 0.1) is 0 Å². The molecule has 0 atom stereocenters. The molecule has 18 heavy (non-hydrogen) atoms. The van der Waals surface area contributed by atoms with Crippen molar-refractivity contribution >= 4 is 21.6 Å². The van der Waals surface area contributed by atoms with E-state index < -0.39 is 0 Å². The Morgan fingerprint density at radius 1 is 0.944 bits per heavy atom. The van der Waals surface area contributed by atoms with Crippen LogP contribution >= 0.6 is 15.9 Å². The molecule has 0 spiro atoms. The van der Waals surface area contributed by atoms with Gasteiger partial charge in [-0.3, -0.25) is 0 Å². The Balaban J connectivity index is 1.88. The van der Waals surface area contributed by atoms with Gasteiger partial charge in [-0.05, 0) is 35.4 Å². The van der Waals surface area contributed by atoms with Gasteiger partial charge in [-0.15, -0.1) is 0 Å². The van der Waals surface area contributed by atoms with Crippen molar-refractivity contribution in [2.75, 3.05) is 12.4 Å².